The highest BCUT2D eigenvalue weighted by molar-refractivity contribution is 8.14. The highest BCUT2D eigenvalue weighted by Gasteiger charge is 2.24. The van der Waals surface area contributed by atoms with Gasteiger partial charge in [0.15, 0.2) is 5.17 Å². The van der Waals surface area contributed by atoms with E-state index in [0.29, 0.717) is 22.1 Å². The average Bonchev–Trinajstić information content (AvgIpc) is 3.01. The van der Waals surface area contributed by atoms with Crippen molar-refractivity contribution in [2.75, 3.05) is 17.3 Å². The minimum absolute atomic E-state index is 0.0493. The molecule has 0 bridgehead atoms. The largest absolute Gasteiger partial charge is 0.473 e. The van der Waals surface area contributed by atoms with E-state index in [-0.39, 0.29) is 6.17 Å². The number of thioether (sulfide) groups is 1. The van der Waals surface area contributed by atoms with Gasteiger partial charge in [-0.05, 0) is 52.8 Å². The van der Waals surface area contributed by atoms with E-state index in [1.54, 1.807) is 11.8 Å². The molecule has 1 atom stereocenters. The summed E-state index contributed by atoms with van der Waals surface area (Å²) < 4.78 is 0. The first-order chi connectivity index (χ1) is 13.9. The minimum Gasteiger partial charge on any atom is -0.473 e. The summed E-state index contributed by atoms with van der Waals surface area (Å²) in [6.07, 6.45) is 0.0493. The Kier molecular flexibility index (Phi) is 10.9. The molecule has 3 N–H and O–H groups in total. The van der Waals surface area contributed by atoms with E-state index in [1.165, 1.54) is 0 Å². The molecular formula is C19H28Cl2N4O4S. The maximum Gasteiger partial charge on any atom is 0.414 e. The predicted molar refractivity (Wildman–Crippen MR) is 124 cm³/mol. The monoisotopic (exact) mass is 478 g/mol. The summed E-state index contributed by atoms with van der Waals surface area (Å²) in [7, 11) is 0. The number of aliphatic imine (C=N–C) groups is 1. The number of hydrazine groups is 1. The third-order valence-corrected chi connectivity index (χ3v) is 5.73. The van der Waals surface area contributed by atoms with Gasteiger partial charge in [0.05, 0.1) is 15.7 Å². The lowest BCUT2D eigenvalue weighted by atomic mass is 10.2. The first-order valence-corrected chi connectivity index (χ1v) is 11.1. The Bertz CT molecular complexity index is 757. The zero-order valence-electron chi connectivity index (χ0n) is 17.6. The molecule has 1 aromatic carbocycles. The maximum atomic E-state index is 9.10. The number of amidine groups is 1. The van der Waals surface area contributed by atoms with Gasteiger partial charge in [0, 0.05) is 24.4 Å². The van der Waals surface area contributed by atoms with E-state index >= 15 is 0 Å². The number of carboxylic acid groups (broad SMARTS) is 2. The Morgan fingerprint density at radius 2 is 1.73 bits per heavy atom. The number of nitrogens with zero attached hydrogens (tertiary/aromatic N) is 3. The molecule has 0 aliphatic carbocycles. The van der Waals surface area contributed by atoms with Crippen molar-refractivity contribution in [1.29, 1.82) is 0 Å². The number of benzene rings is 1. The second-order valence-electron chi connectivity index (χ2n) is 7.03. The molecule has 1 unspecified atom stereocenters. The standard InChI is InChI=1S/C17H26Cl2N4S.C2H2O4/c1-11(2)22(12(3)4)8-9-24-17-20-13(5)21-23(17)14-6-7-15(18)16(19)10-14;3-1(4)2(5)6/h6-7,10-13,21H,8-9H2,1-5H3;(H,3,4)(H,5,6). The quantitative estimate of drug-likeness (QED) is 0.526. The molecule has 0 radical (unpaired) electrons. The molecule has 1 aliphatic heterocycles. The third-order valence-electron chi connectivity index (χ3n) is 4.06. The number of hydrogen-bond acceptors (Lipinski definition) is 7. The second-order valence-corrected chi connectivity index (χ2v) is 8.91. The Hall–Kier alpha value is -1.52. The van der Waals surface area contributed by atoms with Crippen LogP contribution in [-0.2, 0) is 9.59 Å². The Labute approximate surface area is 191 Å². The van der Waals surface area contributed by atoms with Gasteiger partial charge in [-0.1, -0.05) is 35.0 Å². The van der Waals surface area contributed by atoms with Crippen LogP contribution >= 0.6 is 35.0 Å². The van der Waals surface area contributed by atoms with Crippen molar-refractivity contribution in [2.45, 2.75) is 52.9 Å². The summed E-state index contributed by atoms with van der Waals surface area (Å²) in [6, 6.07) is 6.70. The molecule has 0 aromatic heterocycles. The van der Waals surface area contributed by atoms with Crippen LogP contribution in [0, 0.1) is 0 Å². The average molecular weight is 479 g/mol. The maximum absolute atomic E-state index is 9.10. The number of carboxylic acids is 2. The zero-order chi connectivity index (χ0) is 23.0. The van der Waals surface area contributed by atoms with Gasteiger partial charge in [-0.3, -0.25) is 9.91 Å². The number of hydrogen-bond donors (Lipinski definition) is 3. The van der Waals surface area contributed by atoms with Gasteiger partial charge in [0.1, 0.15) is 6.17 Å². The van der Waals surface area contributed by atoms with Gasteiger partial charge in [-0.15, -0.1) is 0 Å². The molecule has 0 fully saturated rings. The van der Waals surface area contributed by atoms with Crippen LogP contribution in [0.1, 0.15) is 34.6 Å². The van der Waals surface area contributed by atoms with Crippen molar-refractivity contribution < 1.29 is 19.8 Å². The highest BCUT2D eigenvalue weighted by Crippen LogP contribution is 2.29. The van der Waals surface area contributed by atoms with Crippen LogP contribution in [0.2, 0.25) is 10.0 Å². The number of anilines is 1. The molecule has 1 heterocycles. The van der Waals surface area contributed by atoms with Gasteiger partial charge in [-0.25, -0.2) is 20.0 Å². The van der Waals surface area contributed by atoms with Crippen LogP contribution < -0.4 is 10.4 Å². The van der Waals surface area contributed by atoms with Crippen LogP contribution in [0.25, 0.3) is 0 Å². The summed E-state index contributed by atoms with van der Waals surface area (Å²) in [6.45, 7) is 12.0. The summed E-state index contributed by atoms with van der Waals surface area (Å²) >= 11 is 13.9. The molecule has 168 valence electrons. The molecule has 1 aromatic rings. The van der Waals surface area contributed by atoms with Crippen molar-refractivity contribution in [3.63, 3.8) is 0 Å². The normalized spacial score (nSPS) is 16.0. The zero-order valence-corrected chi connectivity index (χ0v) is 19.9. The van der Waals surface area contributed by atoms with E-state index in [2.05, 4.69) is 43.0 Å². The van der Waals surface area contributed by atoms with Gasteiger partial charge in [0.25, 0.3) is 0 Å². The van der Waals surface area contributed by atoms with Gasteiger partial charge < -0.3 is 10.2 Å². The second kappa shape index (κ2) is 12.4. The fraction of sp³-hybridized carbons (Fsp3) is 0.526. The first kappa shape index (κ1) is 26.5. The van der Waals surface area contributed by atoms with Crippen molar-refractivity contribution in [3.05, 3.63) is 28.2 Å². The number of aliphatic carboxylic acids is 2. The van der Waals surface area contributed by atoms with Gasteiger partial charge >= 0.3 is 11.9 Å². The SMILES string of the molecule is CC1N=C(SCCN(C(C)C)C(C)C)N(c2ccc(Cl)c(Cl)c2)N1.O=C(O)C(=O)O. The Balaban J connectivity index is 0.000000656. The number of halogens is 2. The van der Waals surface area contributed by atoms with Crippen molar-refractivity contribution >= 4 is 57.8 Å². The van der Waals surface area contributed by atoms with E-state index < -0.39 is 11.9 Å². The molecule has 0 saturated heterocycles. The number of nitrogens with one attached hydrogen (secondary N) is 1. The number of rotatable bonds is 6. The molecule has 0 spiro atoms. The molecule has 11 heteroatoms. The number of carbonyl (C=O) groups is 2. The fourth-order valence-corrected chi connectivity index (χ4v) is 4.06. The lowest BCUT2D eigenvalue weighted by Gasteiger charge is -2.30. The lowest BCUT2D eigenvalue weighted by molar-refractivity contribution is -0.159. The minimum atomic E-state index is -1.82. The van der Waals surface area contributed by atoms with Gasteiger partial charge in [0.2, 0.25) is 0 Å². The molecule has 8 nitrogen and oxygen atoms in total. The molecule has 0 amide bonds. The van der Waals surface area contributed by atoms with Crippen LogP contribution in [0.15, 0.2) is 23.2 Å². The Morgan fingerprint density at radius 3 is 2.20 bits per heavy atom. The van der Waals surface area contributed by atoms with E-state index in [4.69, 9.17) is 43.0 Å². The molecule has 2 rings (SSSR count). The van der Waals surface area contributed by atoms with Crippen LogP contribution in [0.4, 0.5) is 5.69 Å². The summed E-state index contributed by atoms with van der Waals surface area (Å²) in [5, 5.41) is 18.8. The Morgan fingerprint density at radius 1 is 1.17 bits per heavy atom. The van der Waals surface area contributed by atoms with Crippen molar-refractivity contribution in [2.24, 2.45) is 4.99 Å². The molecule has 0 saturated carbocycles. The highest BCUT2D eigenvalue weighted by atomic mass is 35.5. The van der Waals surface area contributed by atoms with Crippen LogP contribution in [0.3, 0.4) is 0 Å². The summed E-state index contributed by atoms with van der Waals surface area (Å²) in [5.41, 5.74) is 4.29. The molecule has 1 aliphatic rings. The van der Waals surface area contributed by atoms with Crippen molar-refractivity contribution in [1.82, 2.24) is 10.3 Å². The van der Waals surface area contributed by atoms with E-state index in [1.807, 2.05) is 30.1 Å². The van der Waals surface area contributed by atoms with Crippen LogP contribution in [-0.4, -0.2) is 62.8 Å². The van der Waals surface area contributed by atoms with E-state index in [9.17, 15) is 0 Å². The molecular weight excluding hydrogens is 451 g/mol. The topological polar surface area (TPSA) is 105 Å². The summed E-state index contributed by atoms with van der Waals surface area (Å²) in [5.74, 6) is -2.66. The first-order valence-electron chi connectivity index (χ1n) is 9.37. The fourth-order valence-electron chi connectivity index (χ4n) is 2.76. The predicted octanol–water partition coefficient (Wildman–Crippen LogP) is 4.03. The molecule has 30 heavy (non-hydrogen) atoms. The summed E-state index contributed by atoms with van der Waals surface area (Å²) in [4.78, 5) is 25.4. The van der Waals surface area contributed by atoms with E-state index in [0.717, 1.165) is 23.2 Å². The lowest BCUT2D eigenvalue weighted by Crippen LogP contribution is -2.40. The van der Waals surface area contributed by atoms with Gasteiger partial charge in [-0.2, -0.15) is 0 Å². The van der Waals surface area contributed by atoms with Crippen LogP contribution in [0.5, 0.6) is 0 Å². The smallest absolute Gasteiger partial charge is 0.414 e. The van der Waals surface area contributed by atoms with Crippen molar-refractivity contribution in [3.8, 4) is 0 Å². The third kappa shape index (κ3) is 8.31.